The van der Waals surface area contributed by atoms with E-state index in [1.54, 1.807) is 0 Å². The van der Waals surface area contributed by atoms with Gasteiger partial charge in [-0.1, -0.05) is 26.7 Å². The van der Waals surface area contributed by atoms with Gasteiger partial charge in [0.15, 0.2) is 0 Å². The molecule has 0 unspecified atom stereocenters. The first-order valence-corrected chi connectivity index (χ1v) is 4.83. The summed E-state index contributed by atoms with van der Waals surface area (Å²) in [6.07, 6.45) is 6.24. The van der Waals surface area contributed by atoms with Gasteiger partial charge in [0.2, 0.25) is 0 Å². The number of amides is 1. The number of nitrogens with zero attached hydrogens (tertiary/aromatic N) is 1. The highest BCUT2D eigenvalue weighted by Crippen LogP contribution is 2.43. The molecular weight excluding hydrogens is 178 g/mol. The van der Waals surface area contributed by atoms with Gasteiger partial charge >= 0.3 is 6.09 Å². The summed E-state index contributed by atoms with van der Waals surface area (Å²) >= 11 is 0. The zero-order chi connectivity index (χ0) is 11.0. The smallest absolute Gasteiger partial charge is 0.408 e. The van der Waals surface area contributed by atoms with Crippen molar-refractivity contribution in [2.75, 3.05) is 6.54 Å². The van der Waals surface area contributed by atoms with Crippen LogP contribution in [0.3, 0.4) is 0 Å². The second kappa shape index (κ2) is 3.20. The Morgan fingerprint density at radius 2 is 2.14 bits per heavy atom. The molecule has 1 amide bonds. The molecule has 1 saturated heterocycles. The molecule has 14 heavy (non-hydrogen) atoms. The van der Waals surface area contributed by atoms with Crippen LogP contribution in [-0.2, 0) is 0 Å². The van der Waals surface area contributed by atoms with E-state index in [1.165, 1.54) is 4.90 Å². The number of likely N-dealkylation sites (tertiary alicyclic amines) is 1. The van der Waals surface area contributed by atoms with Crippen LogP contribution in [0.1, 0.15) is 33.6 Å². The minimum atomic E-state index is -0.907. The van der Waals surface area contributed by atoms with Crippen LogP contribution >= 0.6 is 0 Å². The van der Waals surface area contributed by atoms with Gasteiger partial charge in [-0.25, -0.2) is 4.79 Å². The maximum Gasteiger partial charge on any atom is 0.408 e. The minimum Gasteiger partial charge on any atom is -0.465 e. The van der Waals surface area contributed by atoms with E-state index >= 15 is 0 Å². The first kappa shape index (κ1) is 10.9. The number of hydrogen-bond acceptors (Lipinski definition) is 1. The third-order valence-corrected chi connectivity index (χ3v) is 3.09. The molecular formula is C11H17NO2. The Hall–Kier alpha value is -1.17. The number of hydrogen-bond donors (Lipinski definition) is 1. The van der Waals surface area contributed by atoms with Gasteiger partial charge in [0.25, 0.3) is 0 Å². The summed E-state index contributed by atoms with van der Waals surface area (Å²) < 4.78 is 0. The molecule has 0 aromatic rings. The van der Waals surface area contributed by atoms with E-state index in [9.17, 15) is 4.79 Å². The highest BCUT2D eigenvalue weighted by molar-refractivity contribution is 5.68. The number of terminal acetylenes is 1. The van der Waals surface area contributed by atoms with Crippen molar-refractivity contribution in [3.8, 4) is 12.3 Å². The van der Waals surface area contributed by atoms with Crippen molar-refractivity contribution >= 4 is 6.09 Å². The lowest BCUT2D eigenvalue weighted by atomic mass is 9.72. The molecule has 1 atom stereocenters. The Labute approximate surface area is 85.1 Å². The Bertz CT molecular complexity index is 285. The quantitative estimate of drug-likeness (QED) is 0.602. The SMILES string of the molecule is C#C[C@]1(C(C)(C)C)CCCN1C(=O)O. The van der Waals surface area contributed by atoms with E-state index in [-0.39, 0.29) is 5.41 Å². The average Bonchev–Trinajstić information content (AvgIpc) is 2.46. The molecule has 3 heteroatoms. The van der Waals surface area contributed by atoms with E-state index in [1.807, 2.05) is 20.8 Å². The monoisotopic (exact) mass is 195 g/mol. The molecule has 0 saturated carbocycles. The molecule has 1 aliphatic rings. The van der Waals surface area contributed by atoms with Gasteiger partial charge in [0.05, 0.1) is 0 Å². The zero-order valence-electron chi connectivity index (χ0n) is 9.00. The van der Waals surface area contributed by atoms with Crippen LogP contribution in [0.4, 0.5) is 4.79 Å². The summed E-state index contributed by atoms with van der Waals surface area (Å²) in [5.74, 6) is 2.69. The van der Waals surface area contributed by atoms with E-state index in [4.69, 9.17) is 11.5 Å². The molecule has 78 valence electrons. The van der Waals surface area contributed by atoms with Crippen LogP contribution in [0.25, 0.3) is 0 Å². The van der Waals surface area contributed by atoms with Crippen LogP contribution in [0.15, 0.2) is 0 Å². The van der Waals surface area contributed by atoms with Crippen LogP contribution in [0.5, 0.6) is 0 Å². The Morgan fingerprint density at radius 1 is 1.57 bits per heavy atom. The van der Waals surface area contributed by atoms with Crippen molar-refractivity contribution in [1.29, 1.82) is 0 Å². The third kappa shape index (κ3) is 1.35. The van der Waals surface area contributed by atoms with Gasteiger partial charge in [-0.2, -0.15) is 0 Å². The maximum absolute atomic E-state index is 11.1. The molecule has 1 heterocycles. The van der Waals surface area contributed by atoms with Gasteiger partial charge in [0, 0.05) is 6.54 Å². The standard InChI is InChI=1S/C11H17NO2/c1-5-11(10(2,3)4)7-6-8-12(11)9(13)14/h1H,6-8H2,2-4H3,(H,13,14)/t11-/m1/s1. The maximum atomic E-state index is 11.1. The Kier molecular flexibility index (Phi) is 2.49. The fourth-order valence-electron chi connectivity index (χ4n) is 2.22. The fraction of sp³-hybridized carbons (Fsp3) is 0.727. The Balaban J connectivity index is 3.12. The van der Waals surface area contributed by atoms with Crippen molar-refractivity contribution < 1.29 is 9.90 Å². The van der Waals surface area contributed by atoms with Gasteiger partial charge in [-0.05, 0) is 18.3 Å². The highest BCUT2D eigenvalue weighted by Gasteiger charge is 2.50. The molecule has 3 nitrogen and oxygen atoms in total. The summed E-state index contributed by atoms with van der Waals surface area (Å²) in [7, 11) is 0. The molecule has 1 N–H and O–H groups in total. The lowest BCUT2D eigenvalue weighted by Crippen LogP contribution is -2.54. The predicted octanol–water partition coefficient (Wildman–Crippen LogP) is 2.18. The topological polar surface area (TPSA) is 40.5 Å². The fourth-order valence-corrected chi connectivity index (χ4v) is 2.22. The number of carbonyl (C=O) groups is 1. The summed E-state index contributed by atoms with van der Waals surface area (Å²) in [5.41, 5.74) is -0.838. The summed E-state index contributed by atoms with van der Waals surface area (Å²) in [4.78, 5) is 12.5. The molecule has 0 aliphatic carbocycles. The van der Waals surface area contributed by atoms with Crippen molar-refractivity contribution in [2.24, 2.45) is 5.41 Å². The number of carboxylic acid groups (broad SMARTS) is 1. The first-order valence-electron chi connectivity index (χ1n) is 4.83. The predicted molar refractivity (Wildman–Crippen MR) is 55.0 cm³/mol. The molecule has 0 radical (unpaired) electrons. The van der Waals surface area contributed by atoms with Gasteiger partial charge in [-0.3, -0.25) is 4.90 Å². The Morgan fingerprint density at radius 3 is 2.43 bits per heavy atom. The van der Waals surface area contributed by atoms with Crippen molar-refractivity contribution in [2.45, 2.75) is 39.2 Å². The zero-order valence-corrected chi connectivity index (χ0v) is 9.00. The molecule has 1 aliphatic heterocycles. The molecule has 0 bridgehead atoms. The molecule has 0 aromatic heterocycles. The van der Waals surface area contributed by atoms with Crippen LogP contribution in [-0.4, -0.2) is 28.2 Å². The van der Waals surface area contributed by atoms with E-state index in [0.717, 1.165) is 12.8 Å². The lowest BCUT2D eigenvalue weighted by Gasteiger charge is -2.42. The average molecular weight is 195 g/mol. The minimum absolute atomic E-state index is 0.212. The highest BCUT2D eigenvalue weighted by atomic mass is 16.4. The third-order valence-electron chi connectivity index (χ3n) is 3.09. The second-order valence-electron chi connectivity index (χ2n) is 4.79. The van der Waals surface area contributed by atoms with Crippen molar-refractivity contribution in [1.82, 2.24) is 4.90 Å². The number of rotatable bonds is 0. The first-order chi connectivity index (χ1) is 6.35. The second-order valence-corrected chi connectivity index (χ2v) is 4.79. The lowest BCUT2D eigenvalue weighted by molar-refractivity contribution is 0.0703. The molecule has 0 spiro atoms. The van der Waals surface area contributed by atoms with Gasteiger partial charge < -0.3 is 5.11 Å². The van der Waals surface area contributed by atoms with Crippen LogP contribution in [0.2, 0.25) is 0 Å². The van der Waals surface area contributed by atoms with Crippen molar-refractivity contribution in [3.63, 3.8) is 0 Å². The molecule has 1 rings (SSSR count). The molecule has 0 aromatic carbocycles. The summed E-state index contributed by atoms with van der Waals surface area (Å²) in [6.45, 7) is 6.53. The van der Waals surface area contributed by atoms with Crippen LogP contribution < -0.4 is 0 Å². The van der Waals surface area contributed by atoms with Gasteiger partial charge in [-0.15, -0.1) is 6.42 Å². The van der Waals surface area contributed by atoms with Crippen molar-refractivity contribution in [3.05, 3.63) is 0 Å². The molecule has 1 fully saturated rings. The normalized spacial score (nSPS) is 27.4. The van der Waals surface area contributed by atoms with E-state index < -0.39 is 11.6 Å². The summed E-state index contributed by atoms with van der Waals surface area (Å²) in [5, 5.41) is 9.07. The largest absolute Gasteiger partial charge is 0.465 e. The van der Waals surface area contributed by atoms with Gasteiger partial charge in [0.1, 0.15) is 5.54 Å². The van der Waals surface area contributed by atoms with E-state index in [0.29, 0.717) is 6.54 Å². The van der Waals surface area contributed by atoms with Crippen LogP contribution in [0, 0.1) is 17.8 Å². The summed E-state index contributed by atoms with van der Waals surface area (Å²) in [6, 6.07) is 0. The van der Waals surface area contributed by atoms with E-state index in [2.05, 4.69) is 5.92 Å².